The number of aliphatic hydroxyl groups is 1. The van der Waals surface area contributed by atoms with Gasteiger partial charge in [-0.3, -0.25) is 9.69 Å². The monoisotopic (exact) mass is 226 g/mol. The van der Waals surface area contributed by atoms with Gasteiger partial charge >= 0.3 is 0 Å². The fraction of sp³-hybridized carbons (Fsp3) is 0.750. The van der Waals surface area contributed by atoms with Crippen molar-refractivity contribution in [2.45, 2.75) is 37.8 Å². The van der Waals surface area contributed by atoms with Gasteiger partial charge in [0.05, 0.1) is 12.1 Å². The van der Waals surface area contributed by atoms with E-state index in [2.05, 4.69) is 16.8 Å². The number of amides is 1. The number of hydrogen-bond donors (Lipinski definition) is 2. The van der Waals surface area contributed by atoms with E-state index in [0.717, 1.165) is 32.2 Å². The second kappa shape index (κ2) is 6.66. The third-order valence-corrected chi connectivity index (χ3v) is 3.06. The molecule has 0 radical (unpaired) electrons. The Hall–Kier alpha value is -0.870. The molecule has 1 amide bonds. The fourth-order valence-electron chi connectivity index (χ4n) is 2.18. The maximum absolute atomic E-state index is 11.6. The van der Waals surface area contributed by atoms with E-state index >= 15 is 0 Å². The van der Waals surface area contributed by atoms with Crippen LogP contribution < -0.4 is 5.32 Å². The fourth-order valence-corrected chi connectivity index (χ4v) is 2.18. The second-order valence-electron chi connectivity index (χ2n) is 4.29. The second-order valence-corrected chi connectivity index (χ2v) is 4.29. The molecule has 1 aliphatic rings. The quantitative estimate of drug-likeness (QED) is 0.649. The molecule has 1 fully saturated rings. The Kier molecular flexibility index (Phi) is 5.49. The molecular formula is C12H22N2O2. The van der Waals surface area contributed by atoms with Gasteiger partial charge in [0.1, 0.15) is 0 Å². The van der Waals surface area contributed by atoms with E-state index in [-0.39, 0.29) is 18.1 Å². The molecule has 2 N–H and O–H groups in total. The number of likely N-dealkylation sites (N-methyl/N-ethyl adjacent to an activating group) is 1. The predicted molar refractivity (Wildman–Crippen MR) is 64.1 cm³/mol. The average molecular weight is 226 g/mol. The first-order valence-corrected chi connectivity index (χ1v) is 5.93. The van der Waals surface area contributed by atoms with Crippen LogP contribution in [-0.4, -0.2) is 48.2 Å². The third-order valence-electron chi connectivity index (χ3n) is 3.06. The third kappa shape index (κ3) is 3.61. The van der Waals surface area contributed by atoms with Crippen LogP contribution in [0.3, 0.4) is 0 Å². The number of aliphatic hydroxyl groups excluding tert-OH is 1. The maximum atomic E-state index is 11.6. The van der Waals surface area contributed by atoms with Crippen molar-refractivity contribution in [3.8, 4) is 0 Å². The molecule has 0 aromatic rings. The van der Waals surface area contributed by atoms with Crippen LogP contribution in [0.4, 0.5) is 0 Å². The number of allylic oxidation sites excluding steroid dienone is 1. The molecule has 1 heterocycles. The van der Waals surface area contributed by atoms with Crippen molar-refractivity contribution in [1.82, 2.24) is 10.2 Å². The van der Waals surface area contributed by atoms with E-state index in [4.69, 9.17) is 0 Å². The number of hydrogen-bond acceptors (Lipinski definition) is 3. The molecule has 0 bridgehead atoms. The van der Waals surface area contributed by atoms with E-state index in [1.54, 1.807) is 7.05 Å². The normalized spacial score (nSPS) is 23.0. The van der Waals surface area contributed by atoms with E-state index in [9.17, 15) is 9.90 Å². The number of β-amino-alcohol motifs (C(OH)–C–C–N with tert-alkyl or cyclic N) is 1. The van der Waals surface area contributed by atoms with Gasteiger partial charge in [0.15, 0.2) is 0 Å². The Bertz CT molecular complexity index is 243. The highest BCUT2D eigenvalue weighted by atomic mass is 16.3. The lowest BCUT2D eigenvalue weighted by molar-refractivity contribution is -0.125. The molecule has 1 aliphatic heterocycles. The summed E-state index contributed by atoms with van der Waals surface area (Å²) in [5.74, 6) is 0.0634. The number of carbonyl (C=O) groups is 1. The number of nitrogens with one attached hydrogen (secondary N) is 1. The highest BCUT2D eigenvalue weighted by Gasteiger charge is 2.30. The summed E-state index contributed by atoms with van der Waals surface area (Å²) < 4.78 is 0. The zero-order valence-electron chi connectivity index (χ0n) is 9.98. The van der Waals surface area contributed by atoms with Crippen LogP contribution in [0.2, 0.25) is 0 Å². The summed E-state index contributed by atoms with van der Waals surface area (Å²) in [6, 6.07) is -0.0524. The molecule has 4 nitrogen and oxygen atoms in total. The molecule has 0 aromatic heterocycles. The van der Waals surface area contributed by atoms with Gasteiger partial charge in [0.25, 0.3) is 0 Å². The van der Waals surface area contributed by atoms with E-state index in [0.29, 0.717) is 6.54 Å². The summed E-state index contributed by atoms with van der Waals surface area (Å²) in [5, 5.41) is 12.5. The standard InChI is InChI=1S/C12H22N2O2/c1-3-4-6-10(15)9-14-8-5-7-11(14)12(16)13-2/h3,10-11,15H,1,4-9H2,2H3,(H,13,16). The first kappa shape index (κ1) is 13.2. The SMILES string of the molecule is C=CCCC(O)CN1CCCC1C(=O)NC. The van der Waals surface area contributed by atoms with Crippen molar-refractivity contribution in [2.75, 3.05) is 20.1 Å². The molecule has 2 atom stereocenters. The van der Waals surface area contributed by atoms with Crippen molar-refractivity contribution < 1.29 is 9.90 Å². The van der Waals surface area contributed by atoms with Crippen LogP contribution in [0.5, 0.6) is 0 Å². The van der Waals surface area contributed by atoms with Crippen LogP contribution in [0, 0.1) is 0 Å². The number of carbonyl (C=O) groups excluding carboxylic acids is 1. The largest absolute Gasteiger partial charge is 0.392 e. The molecule has 0 spiro atoms. The lowest BCUT2D eigenvalue weighted by Crippen LogP contribution is -2.44. The van der Waals surface area contributed by atoms with Gasteiger partial charge in [-0.15, -0.1) is 6.58 Å². The molecule has 1 saturated heterocycles. The van der Waals surface area contributed by atoms with E-state index in [1.165, 1.54) is 0 Å². The summed E-state index contributed by atoms with van der Waals surface area (Å²) in [4.78, 5) is 13.6. The molecular weight excluding hydrogens is 204 g/mol. The summed E-state index contributed by atoms with van der Waals surface area (Å²) in [6.45, 7) is 5.13. The minimum absolute atomic E-state index is 0.0524. The molecule has 4 heteroatoms. The van der Waals surface area contributed by atoms with Crippen LogP contribution in [0.25, 0.3) is 0 Å². The Morgan fingerprint density at radius 1 is 1.75 bits per heavy atom. The van der Waals surface area contributed by atoms with Crippen LogP contribution in [-0.2, 0) is 4.79 Å². The van der Waals surface area contributed by atoms with E-state index in [1.807, 2.05) is 6.08 Å². The van der Waals surface area contributed by atoms with Gasteiger partial charge in [-0.1, -0.05) is 6.08 Å². The Morgan fingerprint density at radius 3 is 3.12 bits per heavy atom. The molecule has 1 rings (SSSR count). The van der Waals surface area contributed by atoms with Gasteiger partial charge in [0, 0.05) is 13.6 Å². The van der Waals surface area contributed by atoms with Crippen molar-refractivity contribution >= 4 is 5.91 Å². The molecule has 92 valence electrons. The number of likely N-dealkylation sites (tertiary alicyclic amines) is 1. The Morgan fingerprint density at radius 2 is 2.50 bits per heavy atom. The first-order valence-electron chi connectivity index (χ1n) is 5.93. The van der Waals surface area contributed by atoms with Crippen LogP contribution >= 0.6 is 0 Å². The van der Waals surface area contributed by atoms with Gasteiger partial charge in [-0.25, -0.2) is 0 Å². The first-order chi connectivity index (χ1) is 7.69. The number of nitrogens with zero attached hydrogens (tertiary/aromatic N) is 1. The highest BCUT2D eigenvalue weighted by molar-refractivity contribution is 5.81. The minimum Gasteiger partial charge on any atom is -0.392 e. The molecule has 0 saturated carbocycles. The summed E-state index contributed by atoms with van der Waals surface area (Å²) in [6.07, 6.45) is 4.92. The summed E-state index contributed by atoms with van der Waals surface area (Å²) in [5.41, 5.74) is 0. The predicted octanol–water partition coefficient (Wildman–Crippen LogP) is 0.524. The van der Waals surface area contributed by atoms with E-state index < -0.39 is 0 Å². The highest BCUT2D eigenvalue weighted by Crippen LogP contribution is 2.18. The van der Waals surface area contributed by atoms with Crippen molar-refractivity contribution in [2.24, 2.45) is 0 Å². The Labute approximate surface area is 97.3 Å². The molecule has 16 heavy (non-hydrogen) atoms. The zero-order valence-corrected chi connectivity index (χ0v) is 9.98. The van der Waals surface area contributed by atoms with Crippen LogP contribution in [0.1, 0.15) is 25.7 Å². The summed E-state index contributed by atoms with van der Waals surface area (Å²) >= 11 is 0. The maximum Gasteiger partial charge on any atom is 0.237 e. The lowest BCUT2D eigenvalue weighted by atomic mass is 10.1. The van der Waals surface area contributed by atoms with Crippen LogP contribution in [0.15, 0.2) is 12.7 Å². The van der Waals surface area contributed by atoms with Crippen molar-refractivity contribution in [3.05, 3.63) is 12.7 Å². The van der Waals surface area contributed by atoms with Gasteiger partial charge in [0.2, 0.25) is 5.91 Å². The summed E-state index contributed by atoms with van der Waals surface area (Å²) in [7, 11) is 1.66. The lowest BCUT2D eigenvalue weighted by Gasteiger charge is -2.25. The van der Waals surface area contributed by atoms with Crippen molar-refractivity contribution in [1.29, 1.82) is 0 Å². The van der Waals surface area contributed by atoms with Gasteiger partial charge in [-0.2, -0.15) is 0 Å². The smallest absolute Gasteiger partial charge is 0.237 e. The topological polar surface area (TPSA) is 52.6 Å². The molecule has 2 unspecified atom stereocenters. The number of rotatable bonds is 6. The Balaban J connectivity index is 2.39. The zero-order chi connectivity index (χ0) is 12.0. The van der Waals surface area contributed by atoms with Gasteiger partial charge in [-0.05, 0) is 32.2 Å². The molecule has 0 aromatic carbocycles. The van der Waals surface area contributed by atoms with Gasteiger partial charge < -0.3 is 10.4 Å². The van der Waals surface area contributed by atoms with Crippen molar-refractivity contribution in [3.63, 3.8) is 0 Å². The average Bonchev–Trinajstić information content (AvgIpc) is 2.73. The molecule has 0 aliphatic carbocycles. The minimum atomic E-state index is -0.358.